The number of ether oxygens (including phenoxy) is 1. The van der Waals surface area contributed by atoms with Crippen molar-refractivity contribution in [1.82, 2.24) is 36.1 Å². The fraction of sp³-hybridized carbons (Fsp3) is 0.250. The van der Waals surface area contributed by atoms with E-state index in [2.05, 4.69) is 43.1 Å². The number of allylic oxidation sites excluding steroid dienone is 1. The number of carbonyl (C=O) groups excluding carboxylic acids is 6. The van der Waals surface area contributed by atoms with Crippen LogP contribution in [0.15, 0.2) is 91.4 Å². The molecule has 0 aliphatic carbocycles. The van der Waals surface area contributed by atoms with Gasteiger partial charge < -0.3 is 31.3 Å². The zero-order valence-electron chi connectivity index (χ0n) is 30.1. The fourth-order valence-electron chi connectivity index (χ4n) is 6.10. The molecule has 0 saturated carbocycles. The van der Waals surface area contributed by atoms with Crippen LogP contribution in [0.4, 0.5) is 11.5 Å². The molecule has 4 aromatic rings. The number of nitrogens with one attached hydrogen (secondary N) is 5. The largest absolute Gasteiger partial charge is 0.483 e. The summed E-state index contributed by atoms with van der Waals surface area (Å²) in [5.74, 6) is -2.25. The van der Waals surface area contributed by atoms with Crippen molar-refractivity contribution in [3.05, 3.63) is 114 Å². The Bertz CT molecular complexity index is 2150. The van der Waals surface area contributed by atoms with Gasteiger partial charge in [0.25, 0.3) is 23.6 Å². The van der Waals surface area contributed by atoms with Crippen molar-refractivity contribution in [1.29, 1.82) is 0 Å². The molecule has 6 amide bonds. The van der Waals surface area contributed by atoms with Gasteiger partial charge in [-0.1, -0.05) is 42.5 Å². The van der Waals surface area contributed by atoms with E-state index in [1.165, 1.54) is 18.5 Å². The average Bonchev–Trinajstić information content (AvgIpc) is 3.44. The van der Waals surface area contributed by atoms with Gasteiger partial charge in [-0.3, -0.25) is 33.7 Å². The van der Waals surface area contributed by atoms with Crippen LogP contribution in [0.5, 0.6) is 5.75 Å². The molecule has 5 N–H and O–H groups in total. The summed E-state index contributed by atoms with van der Waals surface area (Å²) in [6.07, 6.45) is 3.27. The lowest BCUT2D eigenvalue weighted by molar-refractivity contribution is -0.125. The maximum absolute atomic E-state index is 13.2. The summed E-state index contributed by atoms with van der Waals surface area (Å²) in [6, 6.07) is 20.2. The Morgan fingerprint density at radius 3 is 2.40 bits per heavy atom. The molecule has 1 atom stereocenters. The van der Waals surface area contributed by atoms with Crippen molar-refractivity contribution in [3.8, 4) is 17.0 Å². The highest BCUT2D eigenvalue weighted by molar-refractivity contribution is 6.24. The summed E-state index contributed by atoms with van der Waals surface area (Å²) in [4.78, 5) is 86.1. The maximum Gasteiger partial charge on any atom is 0.266 e. The van der Waals surface area contributed by atoms with Gasteiger partial charge in [-0.25, -0.2) is 9.97 Å². The van der Waals surface area contributed by atoms with Crippen LogP contribution in [0.1, 0.15) is 62.3 Å². The zero-order chi connectivity index (χ0) is 38.9. The molecule has 0 spiro atoms. The Labute approximate surface area is 317 Å². The Morgan fingerprint density at radius 1 is 0.891 bits per heavy atom. The van der Waals surface area contributed by atoms with E-state index < -0.39 is 42.2 Å². The SMILES string of the molecule is C=C1CCC(N2C(=O)c3cccc(OCC(=O)NCCCCNC(=O)CNC(=O)c4cccc(-c5cc(Nc6ccc(C)cc6)ncn5)c4)c3C2=O)C(=O)N1. The highest BCUT2D eigenvalue weighted by Gasteiger charge is 2.45. The number of carbonyl (C=O) groups is 6. The van der Waals surface area contributed by atoms with Crippen LogP contribution in [-0.2, 0) is 14.4 Å². The van der Waals surface area contributed by atoms with Gasteiger partial charge in [0.1, 0.15) is 23.9 Å². The van der Waals surface area contributed by atoms with Crippen molar-refractivity contribution < 1.29 is 33.5 Å². The van der Waals surface area contributed by atoms with Gasteiger partial charge in [0.05, 0.1) is 23.4 Å². The minimum Gasteiger partial charge on any atom is -0.483 e. The summed E-state index contributed by atoms with van der Waals surface area (Å²) < 4.78 is 5.63. The van der Waals surface area contributed by atoms with Gasteiger partial charge in [-0.05, 0) is 69.0 Å². The van der Waals surface area contributed by atoms with E-state index in [1.807, 2.05) is 37.3 Å². The van der Waals surface area contributed by atoms with Crippen LogP contribution in [0.3, 0.4) is 0 Å². The van der Waals surface area contributed by atoms with Gasteiger partial charge in [0.15, 0.2) is 6.61 Å². The molecule has 55 heavy (non-hydrogen) atoms. The summed E-state index contributed by atoms with van der Waals surface area (Å²) in [6.45, 7) is 5.77. The van der Waals surface area contributed by atoms with E-state index in [1.54, 1.807) is 30.3 Å². The molecule has 0 bridgehead atoms. The summed E-state index contributed by atoms with van der Waals surface area (Å²) in [5.41, 5.74) is 4.39. The van der Waals surface area contributed by atoms with Crippen molar-refractivity contribution in [3.63, 3.8) is 0 Å². The molecule has 0 radical (unpaired) electrons. The molecule has 1 fully saturated rings. The Balaban J connectivity index is 0.881. The number of benzene rings is 3. The number of aryl methyl sites for hydroxylation is 1. The van der Waals surface area contributed by atoms with E-state index in [0.717, 1.165) is 16.2 Å². The van der Waals surface area contributed by atoms with Crippen LogP contribution in [0.25, 0.3) is 11.3 Å². The molecule has 3 heterocycles. The Kier molecular flexibility index (Phi) is 11.9. The van der Waals surface area contributed by atoms with E-state index in [4.69, 9.17) is 4.74 Å². The van der Waals surface area contributed by atoms with Crippen LogP contribution in [-0.4, -0.2) is 82.6 Å². The second kappa shape index (κ2) is 17.3. The van der Waals surface area contributed by atoms with Gasteiger partial charge in [0, 0.05) is 41.7 Å². The first kappa shape index (κ1) is 37.8. The minimum atomic E-state index is -0.958. The van der Waals surface area contributed by atoms with Crippen molar-refractivity contribution >= 4 is 46.9 Å². The topological polar surface area (TPSA) is 201 Å². The monoisotopic (exact) mass is 744 g/mol. The number of nitrogens with zero attached hydrogens (tertiary/aromatic N) is 3. The number of amides is 6. The maximum atomic E-state index is 13.2. The Hall–Kier alpha value is -6.90. The van der Waals surface area contributed by atoms with Gasteiger partial charge in [-0.2, -0.15) is 0 Å². The molecule has 2 aliphatic rings. The highest BCUT2D eigenvalue weighted by Crippen LogP contribution is 2.34. The van der Waals surface area contributed by atoms with Crippen LogP contribution in [0.2, 0.25) is 0 Å². The smallest absolute Gasteiger partial charge is 0.266 e. The Morgan fingerprint density at radius 2 is 1.64 bits per heavy atom. The fourth-order valence-corrected chi connectivity index (χ4v) is 6.10. The van der Waals surface area contributed by atoms with Gasteiger partial charge >= 0.3 is 0 Å². The quantitative estimate of drug-likeness (QED) is 0.0888. The standard InChI is InChI=1S/C40H40N8O7/c1-24-11-14-28(15-12-24)47-33-20-30(44-23-45-33)26-7-5-8-27(19-26)37(51)43-21-34(49)41-17-3-4-18-42-35(50)22-55-32-10-6-9-29-36(32)40(54)48(39(29)53)31-16-13-25(2)46-38(31)52/h5-12,14-15,19-20,23,31H,2-4,13,16-18,21-22H2,1H3,(H,41,49)(H,42,50)(H,43,51)(H,46,52)(H,44,45,47). The normalized spacial score (nSPS) is 14.9. The number of fused-ring (bicyclic) bond motifs is 1. The van der Waals surface area contributed by atoms with Gasteiger partial charge in [0.2, 0.25) is 11.8 Å². The number of aromatic nitrogens is 2. The minimum absolute atomic E-state index is 0.0151. The highest BCUT2D eigenvalue weighted by atomic mass is 16.5. The number of rotatable bonds is 15. The van der Waals surface area contributed by atoms with Crippen molar-refractivity contribution in [2.24, 2.45) is 0 Å². The second-order valence-electron chi connectivity index (χ2n) is 13.0. The van der Waals surface area contributed by atoms with E-state index in [-0.39, 0.29) is 35.7 Å². The molecule has 1 aromatic heterocycles. The predicted molar refractivity (Wildman–Crippen MR) is 202 cm³/mol. The zero-order valence-corrected chi connectivity index (χ0v) is 30.1. The molecule has 15 nitrogen and oxygen atoms in total. The number of unbranched alkanes of at least 4 members (excludes halogenated alkanes) is 1. The number of hydrogen-bond acceptors (Lipinski definition) is 10. The lowest BCUT2D eigenvalue weighted by Crippen LogP contribution is -2.51. The van der Waals surface area contributed by atoms with E-state index in [0.29, 0.717) is 60.7 Å². The predicted octanol–water partition coefficient (Wildman–Crippen LogP) is 3.41. The number of anilines is 2. The van der Waals surface area contributed by atoms with Crippen molar-refractivity contribution in [2.75, 3.05) is 31.6 Å². The first-order valence-corrected chi connectivity index (χ1v) is 17.8. The van der Waals surface area contributed by atoms with Crippen LogP contribution >= 0.6 is 0 Å². The number of hydrogen-bond donors (Lipinski definition) is 5. The summed E-state index contributed by atoms with van der Waals surface area (Å²) >= 11 is 0. The lowest BCUT2D eigenvalue weighted by Gasteiger charge is -2.29. The van der Waals surface area contributed by atoms with Crippen molar-refractivity contribution in [2.45, 2.75) is 38.6 Å². The lowest BCUT2D eigenvalue weighted by atomic mass is 10.0. The molecule has 1 saturated heterocycles. The molecular formula is C40H40N8O7. The molecular weight excluding hydrogens is 704 g/mol. The molecule has 6 rings (SSSR count). The molecule has 3 aromatic carbocycles. The molecule has 1 unspecified atom stereocenters. The summed E-state index contributed by atoms with van der Waals surface area (Å²) in [7, 11) is 0. The molecule has 2 aliphatic heterocycles. The van der Waals surface area contributed by atoms with Crippen LogP contribution < -0.4 is 31.3 Å². The third kappa shape index (κ3) is 9.37. The third-order valence-corrected chi connectivity index (χ3v) is 8.97. The average molecular weight is 745 g/mol. The first-order valence-electron chi connectivity index (χ1n) is 17.8. The summed E-state index contributed by atoms with van der Waals surface area (Å²) in [5, 5.41) is 13.9. The van der Waals surface area contributed by atoms with E-state index in [9.17, 15) is 28.8 Å². The van der Waals surface area contributed by atoms with E-state index >= 15 is 0 Å². The molecule has 282 valence electrons. The molecule has 15 heteroatoms. The second-order valence-corrected chi connectivity index (χ2v) is 13.0. The number of imide groups is 1. The first-order chi connectivity index (χ1) is 26.6. The van der Waals surface area contributed by atoms with Crippen LogP contribution in [0, 0.1) is 6.92 Å². The van der Waals surface area contributed by atoms with Gasteiger partial charge in [-0.15, -0.1) is 0 Å². The number of piperidine rings is 1. The third-order valence-electron chi connectivity index (χ3n) is 8.97.